The maximum absolute atomic E-state index is 13.2. The largest absolute Gasteiger partial charge is 0.478 e. The van der Waals surface area contributed by atoms with Gasteiger partial charge in [0, 0.05) is 23.3 Å². The van der Waals surface area contributed by atoms with Crippen LogP contribution < -0.4 is 21.0 Å². The van der Waals surface area contributed by atoms with Crippen LogP contribution in [0.2, 0.25) is 0 Å². The number of aliphatic carboxylic acids is 2. The molecule has 2 aromatic heterocycles. The number of nitrogen functional groups attached to an aromatic ring is 1. The first-order chi connectivity index (χ1) is 19.0. The maximum Gasteiger partial charge on any atom is 0.352 e. The fourth-order valence-electron chi connectivity index (χ4n) is 4.45. The quantitative estimate of drug-likeness (QED) is 0.110. The second kappa shape index (κ2) is 10.5. The smallest absolute Gasteiger partial charge is 0.352 e. The Kier molecular flexibility index (Phi) is 7.17. The van der Waals surface area contributed by atoms with Gasteiger partial charge in [0.2, 0.25) is 5.60 Å². The van der Waals surface area contributed by atoms with Gasteiger partial charge in [0.1, 0.15) is 22.8 Å². The van der Waals surface area contributed by atoms with Gasteiger partial charge in [-0.15, -0.1) is 32.5 Å². The zero-order valence-electron chi connectivity index (χ0n) is 21.5. The van der Waals surface area contributed by atoms with Crippen molar-refractivity contribution in [3.8, 4) is 0 Å². The molecular weight excluding hydrogens is 564 g/mol. The fourth-order valence-corrected chi connectivity index (χ4v) is 6.34. The lowest BCUT2D eigenvalue weighted by Crippen LogP contribution is -2.71. The van der Waals surface area contributed by atoms with Gasteiger partial charge in [0.05, 0.1) is 12.6 Å². The Morgan fingerprint density at radius 3 is 2.83 bits per heavy atom. The summed E-state index contributed by atoms with van der Waals surface area (Å²) in [6.45, 7) is 4.46. The van der Waals surface area contributed by atoms with E-state index >= 15 is 0 Å². The van der Waals surface area contributed by atoms with Gasteiger partial charge < -0.3 is 31.4 Å². The van der Waals surface area contributed by atoms with Crippen LogP contribution in [0.25, 0.3) is 0 Å². The van der Waals surface area contributed by atoms with E-state index in [9.17, 15) is 29.4 Å². The molecule has 0 bridgehead atoms. The zero-order chi connectivity index (χ0) is 28.8. The third-order valence-corrected chi connectivity index (χ3v) is 8.61. The average molecular weight is 592 g/mol. The highest BCUT2D eigenvalue weighted by Gasteiger charge is 2.55. The number of oxime groups is 1. The molecule has 17 heteroatoms. The van der Waals surface area contributed by atoms with Gasteiger partial charge in [0.25, 0.3) is 11.8 Å². The van der Waals surface area contributed by atoms with Crippen LogP contribution in [0, 0.1) is 0 Å². The molecule has 3 aliphatic heterocycles. The number of nitrogens with two attached hydrogens (primary N) is 1. The van der Waals surface area contributed by atoms with Gasteiger partial charge in [-0.2, -0.15) is 0 Å². The molecule has 212 valence electrons. The molecular formula is C23H27N8O7S2+. The van der Waals surface area contributed by atoms with Crippen LogP contribution in [0.1, 0.15) is 26.0 Å². The first kappa shape index (κ1) is 27.4. The van der Waals surface area contributed by atoms with E-state index in [1.807, 2.05) is 21.6 Å². The Bertz CT molecular complexity index is 1460. The predicted molar refractivity (Wildman–Crippen MR) is 143 cm³/mol. The molecule has 0 radical (unpaired) electrons. The number of carbonyl (C=O) groups excluding carboxylic acids is 2. The van der Waals surface area contributed by atoms with E-state index in [-0.39, 0.29) is 22.2 Å². The van der Waals surface area contributed by atoms with Crippen LogP contribution in [0.4, 0.5) is 10.9 Å². The molecule has 15 nitrogen and oxygen atoms in total. The van der Waals surface area contributed by atoms with E-state index in [0.717, 1.165) is 36.7 Å². The van der Waals surface area contributed by atoms with E-state index < -0.39 is 40.8 Å². The molecule has 0 unspecified atom stereocenters. The third-order valence-electron chi connectivity index (χ3n) is 6.59. The molecule has 2 atom stereocenters. The van der Waals surface area contributed by atoms with Crippen LogP contribution in [0.15, 0.2) is 34.1 Å². The van der Waals surface area contributed by atoms with Crippen molar-refractivity contribution in [1.29, 1.82) is 0 Å². The van der Waals surface area contributed by atoms with Gasteiger partial charge >= 0.3 is 11.9 Å². The van der Waals surface area contributed by atoms with Crippen molar-refractivity contribution < 1.29 is 38.9 Å². The SMILES string of the molecule is CC(C)(ON=C(C(=O)N[C@@H]1C(=O)N2C(C(=O)O)=C(C[n+]3ccc4n3CCCN4)CS[C@H]12)c1csc(N)n1)C(=O)O. The van der Waals surface area contributed by atoms with Crippen LogP contribution in [0.3, 0.4) is 0 Å². The van der Waals surface area contributed by atoms with Crippen molar-refractivity contribution in [2.75, 3.05) is 23.3 Å². The number of thioether (sulfide) groups is 1. The molecule has 2 amide bonds. The van der Waals surface area contributed by atoms with Crippen molar-refractivity contribution in [3.05, 3.63) is 34.6 Å². The number of carboxylic acids is 2. The van der Waals surface area contributed by atoms with E-state index in [4.69, 9.17) is 10.6 Å². The fraction of sp³-hybridized carbons (Fsp3) is 0.435. The number of rotatable bonds is 9. The number of carboxylic acid groups (broad SMARTS) is 2. The van der Waals surface area contributed by atoms with Crippen LogP contribution in [0.5, 0.6) is 0 Å². The second-order valence-electron chi connectivity index (χ2n) is 9.74. The highest BCUT2D eigenvalue weighted by molar-refractivity contribution is 8.00. The standard InChI is InChI=1S/C23H26N8O7S2/c1-23(2,21(36)37)38-28-14(12-10-40-22(24)26-12)17(32)27-15-18(33)31-16(20(34)35)11(9-39-19(15)31)8-29-7-4-13-25-5-3-6-30(13)29/h4,7,10,15,19H,3,5-6,8-9H2,1-2H3,(H5,24,26,27,32,34,35,36,37)/p+1/t15-,19-/m1/s1. The first-order valence-corrected chi connectivity index (χ1v) is 14.2. The third kappa shape index (κ3) is 4.97. The summed E-state index contributed by atoms with van der Waals surface area (Å²) in [5.74, 6) is -2.69. The molecule has 2 aromatic rings. The summed E-state index contributed by atoms with van der Waals surface area (Å²) in [6, 6.07) is 0.885. The van der Waals surface area contributed by atoms with E-state index in [1.165, 1.54) is 35.9 Å². The summed E-state index contributed by atoms with van der Waals surface area (Å²) >= 11 is 2.37. The molecule has 0 aliphatic carbocycles. The Labute approximate surface area is 235 Å². The molecule has 40 heavy (non-hydrogen) atoms. The van der Waals surface area contributed by atoms with Crippen molar-refractivity contribution in [2.24, 2.45) is 5.16 Å². The number of carbonyl (C=O) groups is 4. The molecule has 1 saturated heterocycles. The Morgan fingerprint density at radius 1 is 1.38 bits per heavy atom. The molecule has 0 aromatic carbocycles. The number of anilines is 2. The number of nitrogens with zero attached hydrogens (tertiary/aromatic N) is 5. The summed E-state index contributed by atoms with van der Waals surface area (Å²) < 4.78 is 3.96. The number of β-lactam (4-membered cyclic amide) rings is 1. The minimum Gasteiger partial charge on any atom is -0.478 e. The molecule has 1 fully saturated rings. The highest BCUT2D eigenvalue weighted by Crippen LogP contribution is 2.40. The van der Waals surface area contributed by atoms with E-state index in [1.54, 1.807) is 0 Å². The Balaban J connectivity index is 1.36. The topological polar surface area (TPSA) is 205 Å². The number of aromatic nitrogens is 3. The highest BCUT2D eigenvalue weighted by atomic mass is 32.2. The molecule has 0 saturated carbocycles. The number of nitrogens with one attached hydrogen (secondary N) is 2. The van der Waals surface area contributed by atoms with Crippen LogP contribution in [-0.4, -0.2) is 83.6 Å². The Morgan fingerprint density at radius 2 is 2.15 bits per heavy atom. The molecule has 0 spiro atoms. The van der Waals surface area contributed by atoms with Gasteiger partial charge in [0.15, 0.2) is 29.4 Å². The summed E-state index contributed by atoms with van der Waals surface area (Å²) in [4.78, 5) is 60.5. The lowest BCUT2D eigenvalue weighted by atomic mass is 10.0. The van der Waals surface area contributed by atoms with Crippen LogP contribution >= 0.6 is 23.1 Å². The normalized spacial score (nSPS) is 20.7. The Hall–Kier alpha value is -4.12. The van der Waals surface area contributed by atoms with Crippen molar-refractivity contribution in [2.45, 2.75) is 50.4 Å². The number of fused-ring (bicyclic) bond motifs is 2. The molecule has 6 N–H and O–H groups in total. The average Bonchev–Trinajstić information content (AvgIpc) is 3.53. The first-order valence-electron chi connectivity index (χ1n) is 12.2. The molecule has 5 rings (SSSR count). The predicted octanol–water partition coefficient (Wildman–Crippen LogP) is -0.347. The van der Waals surface area contributed by atoms with Crippen molar-refractivity contribution in [3.63, 3.8) is 0 Å². The van der Waals surface area contributed by atoms with Crippen molar-refractivity contribution in [1.82, 2.24) is 19.9 Å². The minimum absolute atomic E-state index is 0.0385. The van der Waals surface area contributed by atoms with Crippen molar-refractivity contribution >= 4 is 63.5 Å². The van der Waals surface area contributed by atoms with Crippen LogP contribution in [-0.2, 0) is 37.1 Å². The number of amides is 2. The summed E-state index contributed by atoms with van der Waals surface area (Å²) in [6.07, 6.45) is 2.81. The zero-order valence-corrected chi connectivity index (χ0v) is 23.1. The maximum atomic E-state index is 13.2. The minimum atomic E-state index is -1.75. The summed E-state index contributed by atoms with van der Waals surface area (Å²) in [7, 11) is 0. The van der Waals surface area contributed by atoms with Gasteiger partial charge in [-0.1, -0.05) is 5.16 Å². The van der Waals surface area contributed by atoms with Gasteiger partial charge in [-0.05, 0) is 20.3 Å². The van der Waals surface area contributed by atoms with E-state index in [2.05, 4.69) is 20.8 Å². The lowest BCUT2D eigenvalue weighted by Gasteiger charge is -2.49. The molecule has 5 heterocycles. The molecule has 3 aliphatic rings. The van der Waals surface area contributed by atoms with E-state index in [0.29, 0.717) is 17.9 Å². The van der Waals surface area contributed by atoms with Gasteiger partial charge in [-0.25, -0.2) is 14.6 Å². The number of thiazole rings is 1. The lowest BCUT2D eigenvalue weighted by molar-refractivity contribution is -0.768. The number of hydrogen-bond donors (Lipinski definition) is 5. The summed E-state index contributed by atoms with van der Waals surface area (Å²) in [5.41, 5.74) is 4.09. The number of hydrogen-bond acceptors (Lipinski definition) is 11. The second-order valence-corrected chi connectivity index (χ2v) is 11.7. The van der Waals surface area contributed by atoms with Gasteiger partial charge in [-0.3, -0.25) is 14.5 Å². The summed E-state index contributed by atoms with van der Waals surface area (Å²) in [5, 5.41) is 29.9. The monoisotopic (exact) mass is 591 g/mol.